The van der Waals surface area contributed by atoms with Gasteiger partial charge in [-0.2, -0.15) is 0 Å². The molecule has 0 saturated carbocycles. The molecule has 0 N–H and O–H groups in total. The van der Waals surface area contributed by atoms with Crippen LogP contribution in [0.25, 0.3) is 0 Å². The summed E-state index contributed by atoms with van der Waals surface area (Å²) in [6.07, 6.45) is 1.57. The highest BCUT2D eigenvalue weighted by molar-refractivity contribution is 5.97. The highest BCUT2D eigenvalue weighted by Gasteiger charge is 2.42. The van der Waals surface area contributed by atoms with Crippen LogP contribution in [0.5, 0.6) is 5.75 Å². The standard InChI is InChI=1S/C19H20F2N2O3/c1-4-22-7-5-6-16(19(22)25)23-11(2)13(10-17(23)24)18-14(20)8-12(26-3)9-15(18)21/h5-9,11,13H,4,10H2,1-3H3/t11-,13+/m1/s1. The van der Waals surface area contributed by atoms with Gasteiger partial charge in [-0.05, 0) is 26.0 Å². The second-order valence-electron chi connectivity index (χ2n) is 6.30. The van der Waals surface area contributed by atoms with Crippen LogP contribution in [0.15, 0.2) is 35.3 Å². The van der Waals surface area contributed by atoms with Gasteiger partial charge < -0.3 is 14.2 Å². The Labute approximate surface area is 149 Å². The smallest absolute Gasteiger partial charge is 0.274 e. The third-order valence-corrected chi connectivity index (χ3v) is 4.91. The quantitative estimate of drug-likeness (QED) is 0.840. The van der Waals surface area contributed by atoms with Gasteiger partial charge >= 0.3 is 0 Å². The first-order valence-corrected chi connectivity index (χ1v) is 8.43. The van der Waals surface area contributed by atoms with Crippen molar-refractivity contribution in [3.05, 3.63) is 58.0 Å². The number of ether oxygens (including phenoxy) is 1. The molecule has 1 aromatic heterocycles. The highest BCUT2D eigenvalue weighted by atomic mass is 19.1. The van der Waals surface area contributed by atoms with Crippen LogP contribution in [0.2, 0.25) is 0 Å². The molecule has 2 aromatic rings. The second kappa shape index (κ2) is 6.90. The molecule has 1 saturated heterocycles. The monoisotopic (exact) mass is 362 g/mol. The van der Waals surface area contributed by atoms with Gasteiger partial charge in [0.1, 0.15) is 23.1 Å². The zero-order valence-electron chi connectivity index (χ0n) is 14.8. The number of carbonyl (C=O) groups is 1. The predicted molar refractivity (Wildman–Crippen MR) is 93.6 cm³/mol. The Balaban J connectivity index is 2.03. The van der Waals surface area contributed by atoms with Gasteiger partial charge in [-0.15, -0.1) is 0 Å². The maximum atomic E-state index is 14.5. The van der Waals surface area contributed by atoms with E-state index in [1.807, 2.05) is 6.92 Å². The van der Waals surface area contributed by atoms with E-state index < -0.39 is 23.6 Å². The minimum absolute atomic E-state index is 0.0677. The van der Waals surface area contributed by atoms with Crippen molar-refractivity contribution in [2.24, 2.45) is 0 Å². The Bertz CT molecular complexity index is 887. The average molecular weight is 362 g/mol. The molecular formula is C19H20F2N2O3. The normalized spacial score (nSPS) is 19.9. The molecule has 0 radical (unpaired) electrons. The molecule has 1 fully saturated rings. The van der Waals surface area contributed by atoms with Crippen molar-refractivity contribution in [1.29, 1.82) is 0 Å². The lowest BCUT2D eigenvalue weighted by molar-refractivity contribution is -0.117. The molecule has 0 aliphatic carbocycles. The van der Waals surface area contributed by atoms with Gasteiger partial charge in [0, 0.05) is 48.8 Å². The Morgan fingerprint density at radius 3 is 2.46 bits per heavy atom. The molecule has 1 aliphatic heterocycles. The minimum atomic E-state index is -0.757. The third kappa shape index (κ3) is 2.87. The lowest BCUT2D eigenvalue weighted by atomic mass is 9.91. The molecule has 2 heterocycles. The molecule has 26 heavy (non-hydrogen) atoms. The summed E-state index contributed by atoms with van der Waals surface area (Å²) in [7, 11) is 1.32. The summed E-state index contributed by atoms with van der Waals surface area (Å²) in [5.41, 5.74) is -0.226. The molecule has 138 valence electrons. The van der Waals surface area contributed by atoms with Crippen LogP contribution in [0, 0.1) is 11.6 Å². The largest absolute Gasteiger partial charge is 0.497 e. The SMILES string of the molecule is CCn1cccc(N2C(=O)C[C@H](c3c(F)cc(OC)cc3F)[C@H]2C)c1=O. The number of aromatic nitrogens is 1. The maximum Gasteiger partial charge on any atom is 0.274 e. The number of carbonyl (C=O) groups excluding carboxylic acids is 1. The van der Waals surface area contributed by atoms with E-state index in [0.29, 0.717) is 6.54 Å². The molecule has 0 unspecified atom stereocenters. The van der Waals surface area contributed by atoms with Crippen molar-refractivity contribution in [2.45, 2.75) is 38.8 Å². The summed E-state index contributed by atoms with van der Waals surface area (Å²) in [6.45, 7) is 3.99. The molecule has 7 heteroatoms. The zero-order chi connectivity index (χ0) is 19.0. The number of aryl methyl sites for hydroxylation is 1. The van der Waals surface area contributed by atoms with Crippen molar-refractivity contribution in [3.63, 3.8) is 0 Å². The maximum absolute atomic E-state index is 14.5. The molecule has 5 nitrogen and oxygen atoms in total. The fourth-order valence-corrected chi connectivity index (χ4v) is 3.55. The van der Waals surface area contributed by atoms with Crippen molar-refractivity contribution in [1.82, 2.24) is 4.57 Å². The Morgan fingerprint density at radius 1 is 1.23 bits per heavy atom. The number of methoxy groups -OCH3 is 1. The number of amides is 1. The number of hydrogen-bond donors (Lipinski definition) is 0. The molecule has 2 atom stereocenters. The molecule has 3 rings (SSSR count). The number of nitrogens with zero attached hydrogens (tertiary/aromatic N) is 2. The van der Waals surface area contributed by atoms with E-state index in [1.54, 1.807) is 25.3 Å². The Morgan fingerprint density at radius 2 is 1.88 bits per heavy atom. The van der Waals surface area contributed by atoms with E-state index in [0.717, 1.165) is 12.1 Å². The van der Waals surface area contributed by atoms with E-state index in [9.17, 15) is 18.4 Å². The first-order chi connectivity index (χ1) is 12.4. The number of hydrogen-bond acceptors (Lipinski definition) is 3. The van der Waals surface area contributed by atoms with Crippen LogP contribution in [-0.2, 0) is 11.3 Å². The number of pyridine rings is 1. The minimum Gasteiger partial charge on any atom is -0.497 e. The predicted octanol–water partition coefficient (Wildman–Crippen LogP) is 3.06. The van der Waals surface area contributed by atoms with Crippen molar-refractivity contribution in [2.75, 3.05) is 12.0 Å². The molecular weight excluding hydrogens is 342 g/mol. The molecule has 1 aromatic carbocycles. The second-order valence-corrected chi connectivity index (χ2v) is 6.30. The average Bonchev–Trinajstić information content (AvgIpc) is 2.89. The van der Waals surface area contributed by atoms with Crippen LogP contribution in [-0.4, -0.2) is 23.6 Å². The lowest BCUT2D eigenvalue weighted by Crippen LogP contribution is -2.38. The summed E-state index contributed by atoms with van der Waals surface area (Å²) >= 11 is 0. The number of rotatable bonds is 4. The molecule has 1 amide bonds. The number of benzene rings is 1. The first kappa shape index (κ1) is 18.1. The fourth-order valence-electron chi connectivity index (χ4n) is 3.55. The summed E-state index contributed by atoms with van der Waals surface area (Å²) in [5.74, 6) is -2.46. The molecule has 0 bridgehead atoms. The third-order valence-electron chi connectivity index (χ3n) is 4.91. The zero-order valence-corrected chi connectivity index (χ0v) is 14.8. The number of anilines is 1. The van der Waals surface area contributed by atoms with Gasteiger partial charge in [0.25, 0.3) is 5.56 Å². The van der Waals surface area contributed by atoms with E-state index in [2.05, 4.69) is 0 Å². The lowest BCUT2D eigenvalue weighted by Gasteiger charge is -2.25. The van der Waals surface area contributed by atoms with Gasteiger partial charge in [0.15, 0.2) is 0 Å². The molecule has 1 aliphatic rings. The van der Waals surface area contributed by atoms with Gasteiger partial charge in [-0.1, -0.05) is 0 Å². The van der Waals surface area contributed by atoms with Gasteiger partial charge in [0.2, 0.25) is 5.91 Å². The van der Waals surface area contributed by atoms with Crippen molar-refractivity contribution in [3.8, 4) is 5.75 Å². The van der Waals surface area contributed by atoms with Crippen LogP contribution in [0.4, 0.5) is 14.5 Å². The van der Waals surface area contributed by atoms with Crippen molar-refractivity contribution >= 4 is 11.6 Å². The summed E-state index contributed by atoms with van der Waals surface area (Å²) in [6, 6.07) is 4.89. The van der Waals surface area contributed by atoms with Crippen LogP contribution in [0.1, 0.15) is 31.7 Å². The van der Waals surface area contributed by atoms with E-state index in [4.69, 9.17) is 4.74 Å². The van der Waals surface area contributed by atoms with Gasteiger partial charge in [-0.25, -0.2) is 8.78 Å². The summed E-state index contributed by atoms with van der Waals surface area (Å²) < 4.78 is 35.3. The van der Waals surface area contributed by atoms with Crippen LogP contribution >= 0.6 is 0 Å². The van der Waals surface area contributed by atoms with Gasteiger partial charge in [0.05, 0.1) is 7.11 Å². The van der Waals surface area contributed by atoms with Crippen LogP contribution in [0.3, 0.4) is 0 Å². The highest BCUT2D eigenvalue weighted by Crippen LogP contribution is 2.39. The van der Waals surface area contributed by atoms with E-state index in [1.165, 1.54) is 16.6 Å². The van der Waals surface area contributed by atoms with Crippen molar-refractivity contribution < 1.29 is 18.3 Å². The molecule has 0 spiro atoms. The summed E-state index contributed by atoms with van der Waals surface area (Å²) in [4.78, 5) is 26.5. The van der Waals surface area contributed by atoms with Crippen LogP contribution < -0.4 is 15.2 Å². The fraction of sp³-hybridized carbons (Fsp3) is 0.368. The van der Waals surface area contributed by atoms with E-state index in [-0.39, 0.29) is 34.9 Å². The first-order valence-electron chi connectivity index (χ1n) is 8.43. The van der Waals surface area contributed by atoms with Gasteiger partial charge in [-0.3, -0.25) is 9.59 Å². The Kier molecular flexibility index (Phi) is 4.80. The topological polar surface area (TPSA) is 51.5 Å². The summed E-state index contributed by atoms with van der Waals surface area (Å²) in [5, 5.41) is 0. The Hall–Kier alpha value is -2.70. The number of halogens is 2. The van der Waals surface area contributed by atoms with E-state index >= 15 is 0 Å².